The van der Waals surface area contributed by atoms with Crippen molar-refractivity contribution in [2.24, 2.45) is 5.92 Å². The van der Waals surface area contributed by atoms with E-state index in [1.807, 2.05) is 32.0 Å². The van der Waals surface area contributed by atoms with Crippen LogP contribution in [-0.4, -0.2) is 35.5 Å². The Morgan fingerprint density at radius 2 is 2.20 bits per heavy atom. The molecule has 0 spiro atoms. The predicted octanol–water partition coefficient (Wildman–Crippen LogP) is 2.00. The summed E-state index contributed by atoms with van der Waals surface area (Å²) in [5.74, 6) is -0.950. The number of nitrogens with zero attached hydrogens (tertiary/aromatic N) is 1. The van der Waals surface area contributed by atoms with E-state index in [0.717, 1.165) is 16.9 Å². The zero-order valence-electron chi connectivity index (χ0n) is 11.9. The Hall–Kier alpha value is -2.04. The summed E-state index contributed by atoms with van der Waals surface area (Å²) in [6, 6.07) is 5.17. The predicted molar refractivity (Wildman–Crippen MR) is 73.6 cm³/mol. The van der Waals surface area contributed by atoms with Gasteiger partial charge in [0.2, 0.25) is 5.91 Å². The molecule has 0 bridgehead atoms. The molecule has 20 heavy (non-hydrogen) atoms. The van der Waals surface area contributed by atoms with Crippen molar-refractivity contribution in [3.05, 3.63) is 29.3 Å². The van der Waals surface area contributed by atoms with Crippen LogP contribution in [0.1, 0.15) is 30.5 Å². The highest BCUT2D eigenvalue weighted by molar-refractivity contribution is 5.87. The highest BCUT2D eigenvalue weighted by atomic mass is 16.5. The second-order valence-electron chi connectivity index (χ2n) is 5.00. The van der Waals surface area contributed by atoms with Gasteiger partial charge in [-0.25, -0.2) is 0 Å². The van der Waals surface area contributed by atoms with E-state index in [1.54, 1.807) is 12.0 Å². The summed E-state index contributed by atoms with van der Waals surface area (Å²) in [6.07, 6.45) is 0.0684. The van der Waals surface area contributed by atoms with E-state index >= 15 is 0 Å². The van der Waals surface area contributed by atoms with Crippen LogP contribution in [0.4, 0.5) is 0 Å². The SMILES string of the molecule is CCN1C(=O)CC(C(=O)O)C1c1ccc(OC)c(C)c1. The second-order valence-corrected chi connectivity index (χ2v) is 5.00. The van der Waals surface area contributed by atoms with Gasteiger partial charge in [0.1, 0.15) is 5.75 Å². The molecule has 2 unspecified atom stereocenters. The van der Waals surface area contributed by atoms with Gasteiger partial charge in [-0.3, -0.25) is 9.59 Å². The molecule has 1 saturated heterocycles. The average Bonchev–Trinajstić information content (AvgIpc) is 2.75. The van der Waals surface area contributed by atoms with Gasteiger partial charge in [-0.2, -0.15) is 0 Å². The van der Waals surface area contributed by atoms with E-state index < -0.39 is 17.9 Å². The Morgan fingerprint density at radius 1 is 1.50 bits per heavy atom. The van der Waals surface area contributed by atoms with Crippen LogP contribution in [-0.2, 0) is 9.59 Å². The molecule has 5 nitrogen and oxygen atoms in total. The second kappa shape index (κ2) is 5.53. The van der Waals surface area contributed by atoms with Crippen molar-refractivity contribution < 1.29 is 19.4 Å². The van der Waals surface area contributed by atoms with E-state index in [1.165, 1.54) is 0 Å². The van der Waals surface area contributed by atoms with Crippen molar-refractivity contribution in [2.45, 2.75) is 26.3 Å². The number of amides is 1. The van der Waals surface area contributed by atoms with Gasteiger partial charge in [0.15, 0.2) is 0 Å². The molecular formula is C15H19NO4. The number of carboxylic acids is 1. The first-order valence-corrected chi connectivity index (χ1v) is 6.66. The van der Waals surface area contributed by atoms with Crippen LogP contribution >= 0.6 is 0 Å². The maximum atomic E-state index is 11.9. The quantitative estimate of drug-likeness (QED) is 0.914. The Kier molecular flexibility index (Phi) is 3.97. The minimum atomic E-state index is -0.923. The smallest absolute Gasteiger partial charge is 0.309 e. The summed E-state index contributed by atoms with van der Waals surface area (Å²) in [4.78, 5) is 25.0. The van der Waals surface area contributed by atoms with Crippen molar-refractivity contribution in [3.63, 3.8) is 0 Å². The number of aliphatic carboxylic acids is 1. The van der Waals surface area contributed by atoms with Gasteiger partial charge in [0.25, 0.3) is 0 Å². The third-order valence-corrected chi connectivity index (χ3v) is 3.85. The molecule has 1 N–H and O–H groups in total. The van der Waals surface area contributed by atoms with Gasteiger partial charge >= 0.3 is 5.97 Å². The number of ether oxygens (including phenoxy) is 1. The van der Waals surface area contributed by atoms with Crippen molar-refractivity contribution in [2.75, 3.05) is 13.7 Å². The van der Waals surface area contributed by atoms with E-state index in [2.05, 4.69) is 0 Å². The number of hydrogen-bond donors (Lipinski definition) is 1. The van der Waals surface area contributed by atoms with Crippen LogP contribution < -0.4 is 4.74 Å². The Bertz CT molecular complexity index is 541. The Morgan fingerprint density at radius 3 is 2.70 bits per heavy atom. The molecule has 5 heteroatoms. The fourth-order valence-electron chi connectivity index (χ4n) is 2.88. The standard InChI is InChI=1S/C15H19NO4/c1-4-16-13(17)8-11(15(18)19)14(16)10-5-6-12(20-3)9(2)7-10/h5-7,11,14H,4,8H2,1-3H3,(H,18,19). The molecule has 1 fully saturated rings. The number of aryl methyl sites for hydroxylation is 1. The van der Waals surface area contributed by atoms with Crippen LogP contribution in [0.5, 0.6) is 5.75 Å². The van der Waals surface area contributed by atoms with E-state index in [9.17, 15) is 14.7 Å². The minimum Gasteiger partial charge on any atom is -0.496 e. The van der Waals surface area contributed by atoms with Crippen LogP contribution in [0.25, 0.3) is 0 Å². The summed E-state index contributed by atoms with van der Waals surface area (Å²) in [5.41, 5.74) is 1.79. The molecule has 1 aliphatic heterocycles. The molecule has 1 aromatic carbocycles. The summed E-state index contributed by atoms with van der Waals surface area (Å²) < 4.78 is 5.21. The minimum absolute atomic E-state index is 0.0684. The average molecular weight is 277 g/mol. The van der Waals surface area contributed by atoms with Crippen LogP contribution in [0.3, 0.4) is 0 Å². The normalized spacial score (nSPS) is 22.1. The molecule has 0 saturated carbocycles. The maximum Gasteiger partial charge on any atom is 0.309 e. The molecule has 2 atom stereocenters. The lowest BCUT2D eigenvalue weighted by Gasteiger charge is -2.26. The maximum absolute atomic E-state index is 11.9. The van der Waals surface area contributed by atoms with Gasteiger partial charge < -0.3 is 14.7 Å². The molecule has 1 amide bonds. The third-order valence-electron chi connectivity index (χ3n) is 3.85. The Balaban J connectivity index is 2.43. The van der Waals surface area contributed by atoms with Crippen LogP contribution in [0, 0.1) is 12.8 Å². The zero-order chi connectivity index (χ0) is 14.9. The van der Waals surface area contributed by atoms with Crippen LogP contribution in [0.15, 0.2) is 18.2 Å². The van der Waals surface area contributed by atoms with Gasteiger partial charge in [0, 0.05) is 13.0 Å². The molecule has 1 heterocycles. The highest BCUT2D eigenvalue weighted by Crippen LogP contribution is 2.39. The summed E-state index contributed by atoms with van der Waals surface area (Å²) in [7, 11) is 1.60. The van der Waals surface area contributed by atoms with Gasteiger partial charge in [-0.05, 0) is 31.0 Å². The molecule has 0 aliphatic carbocycles. The van der Waals surface area contributed by atoms with Crippen molar-refractivity contribution in [1.82, 2.24) is 4.90 Å². The summed E-state index contributed by atoms with van der Waals surface area (Å²) in [5, 5.41) is 9.34. The lowest BCUT2D eigenvalue weighted by atomic mass is 9.92. The van der Waals surface area contributed by atoms with Gasteiger partial charge in [-0.15, -0.1) is 0 Å². The number of hydrogen-bond acceptors (Lipinski definition) is 3. The molecule has 108 valence electrons. The third kappa shape index (κ3) is 2.35. The zero-order valence-corrected chi connectivity index (χ0v) is 11.9. The van der Waals surface area contributed by atoms with E-state index in [4.69, 9.17) is 4.74 Å². The number of likely N-dealkylation sites (tertiary alicyclic amines) is 1. The van der Waals surface area contributed by atoms with E-state index in [0.29, 0.717) is 6.54 Å². The number of rotatable bonds is 4. The largest absolute Gasteiger partial charge is 0.496 e. The summed E-state index contributed by atoms with van der Waals surface area (Å²) >= 11 is 0. The molecule has 1 aliphatic rings. The Labute approximate surface area is 118 Å². The molecule has 0 aromatic heterocycles. The van der Waals surface area contributed by atoms with Crippen molar-refractivity contribution in [3.8, 4) is 5.75 Å². The van der Waals surface area contributed by atoms with Gasteiger partial charge in [-0.1, -0.05) is 12.1 Å². The fraction of sp³-hybridized carbons (Fsp3) is 0.467. The molecule has 0 radical (unpaired) electrons. The first kappa shape index (κ1) is 14.4. The molecular weight excluding hydrogens is 258 g/mol. The monoisotopic (exact) mass is 277 g/mol. The number of carbonyl (C=O) groups excluding carboxylic acids is 1. The van der Waals surface area contributed by atoms with E-state index in [-0.39, 0.29) is 12.3 Å². The molecule has 1 aromatic rings. The van der Waals surface area contributed by atoms with Crippen molar-refractivity contribution >= 4 is 11.9 Å². The van der Waals surface area contributed by atoms with Crippen molar-refractivity contribution in [1.29, 1.82) is 0 Å². The first-order valence-electron chi connectivity index (χ1n) is 6.66. The number of carboxylic acid groups (broad SMARTS) is 1. The number of methoxy groups -OCH3 is 1. The summed E-state index contributed by atoms with van der Waals surface area (Å²) in [6.45, 7) is 4.29. The lowest BCUT2D eigenvalue weighted by Crippen LogP contribution is -2.30. The lowest BCUT2D eigenvalue weighted by molar-refractivity contribution is -0.142. The number of benzene rings is 1. The topological polar surface area (TPSA) is 66.8 Å². The first-order chi connectivity index (χ1) is 9.49. The number of carbonyl (C=O) groups is 2. The highest BCUT2D eigenvalue weighted by Gasteiger charge is 2.43. The van der Waals surface area contributed by atoms with Crippen LogP contribution in [0.2, 0.25) is 0 Å². The van der Waals surface area contributed by atoms with Gasteiger partial charge in [0.05, 0.1) is 19.1 Å². The fourth-order valence-corrected chi connectivity index (χ4v) is 2.88. The molecule has 2 rings (SSSR count).